The maximum absolute atomic E-state index is 13.2. The number of nitrogens with one attached hydrogen (secondary N) is 1. The molecule has 22 heavy (non-hydrogen) atoms. The van der Waals surface area contributed by atoms with Crippen LogP contribution in [0.4, 0.5) is 13.2 Å². The number of rotatable bonds is 4. The van der Waals surface area contributed by atoms with Gasteiger partial charge in [-0.3, -0.25) is 4.68 Å². The SMILES string of the molecule is Cc1ccc(S(=O)(=O)N[C@H](c2cnn(C)c2)C(F)(F)F)cc1. The number of hydrogen-bond donors (Lipinski definition) is 1. The highest BCUT2D eigenvalue weighted by atomic mass is 32.2. The lowest BCUT2D eigenvalue weighted by Gasteiger charge is -2.20. The lowest BCUT2D eigenvalue weighted by Crippen LogP contribution is -2.37. The van der Waals surface area contributed by atoms with E-state index in [0.29, 0.717) is 0 Å². The summed E-state index contributed by atoms with van der Waals surface area (Å²) in [5.41, 5.74) is 0.532. The van der Waals surface area contributed by atoms with E-state index < -0.39 is 22.2 Å². The van der Waals surface area contributed by atoms with E-state index in [4.69, 9.17) is 0 Å². The maximum atomic E-state index is 13.2. The van der Waals surface area contributed by atoms with E-state index in [1.165, 1.54) is 36.0 Å². The zero-order valence-electron chi connectivity index (χ0n) is 11.8. The van der Waals surface area contributed by atoms with Gasteiger partial charge < -0.3 is 0 Å². The van der Waals surface area contributed by atoms with E-state index >= 15 is 0 Å². The molecule has 5 nitrogen and oxygen atoms in total. The van der Waals surface area contributed by atoms with E-state index in [9.17, 15) is 21.6 Å². The third-order valence-corrected chi connectivity index (χ3v) is 4.43. The number of hydrogen-bond acceptors (Lipinski definition) is 3. The summed E-state index contributed by atoms with van der Waals surface area (Å²) in [7, 11) is -2.86. The van der Waals surface area contributed by atoms with Crippen LogP contribution in [-0.4, -0.2) is 24.4 Å². The van der Waals surface area contributed by atoms with E-state index in [-0.39, 0.29) is 10.5 Å². The van der Waals surface area contributed by atoms with Crippen molar-refractivity contribution >= 4 is 10.0 Å². The number of aromatic nitrogens is 2. The molecule has 0 spiro atoms. The zero-order chi connectivity index (χ0) is 16.5. The summed E-state index contributed by atoms with van der Waals surface area (Å²) in [5, 5.41) is 3.65. The molecule has 0 amide bonds. The third kappa shape index (κ3) is 3.66. The van der Waals surface area contributed by atoms with Crippen molar-refractivity contribution in [2.45, 2.75) is 24.0 Å². The lowest BCUT2D eigenvalue weighted by atomic mass is 10.2. The van der Waals surface area contributed by atoms with Crippen molar-refractivity contribution in [1.29, 1.82) is 0 Å². The number of alkyl halides is 3. The topological polar surface area (TPSA) is 64.0 Å². The molecule has 0 fully saturated rings. The Balaban J connectivity index is 2.36. The summed E-state index contributed by atoms with van der Waals surface area (Å²) in [6.45, 7) is 1.75. The second-order valence-corrected chi connectivity index (χ2v) is 6.57. The van der Waals surface area contributed by atoms with Gasteiger partial charge in [-0.1, -0.05) is 17.7 Å². The molecule has 0 bridgehead atoms. The molecular formula is C13H14F3N3O2S. The molecule has 0 unspecified atom stereocenters. The minimum atomic E-state index is -4.78. The number of nitrogens with zero attached hydrogens (tertiary/aromatic N) is 2. The van der Waals surface area contributed by atoms with E-state index in [1.54, 1.807) is 11.6 Å². The van der Waals surface area contributed by atoms with Gasteiger partial charge in [0.05, 0.1) is 11.1 Å². The quantitative estimate of drug-likeness (QED) is 0.934. The Labute approximate surface area is 125 Å². The van der Waals surface area contributed by atoms with Crippen molar-refractivity contribution in [3.63, 3.8) is 0 Å². The Hall–Kier alpha value is -1.87. The average Bonchev–Trinajstić information content (AvgIpc) is 2.81. The zero-order valence-corrected chi connectivity index (χ0v) is 12.6. The summed E-state index contributed by atoms with van der Waals surface area (Å²) in [6.07, 6.45) is -2.67. The molecule has 1 aromatic heterocycles. The van der Waals surface area contributed by atoms with Gasteiger partial charge in [-0.05, 0) is 19.1 Å². The highest BCUT2D eigenvalue weighted by Crippen LogP contribution is 2.33. The number of aryl methyl sites for hydroxylation is 2. The fourth-order valence-electron chi connectivity index (χ4n) is 1.85. The van der Waals surface area contributed by atoms with Crippen molar-refractivity contribution in [3.05, 3.63) is 47.8 Å². The second kappa shape index (κ2) is 5.73. The molecule has 1 aromatic carbocycles. The summed E-state index contributed by atoms with van der Waals surface area (Å²) >= 11 is 0. The summed E-state index contributed by atoms with van der Waals surface area (Å²) in [5.74, 6) is 0. The predicted octanol–water partition coefficient (Wildman–Crippen LogP) is 2.31. The summed E-state index contributed by atoms with van der Waals surface area (Å²) < 4.78 is 66.6. The van der Waals surface area contributed by atoms with Crippen LogP contribution >= 0.6 is 0 Å². The number of halogens is 3. The Morgan fingerprint density at radius 3 is 2.27 bits per heavy atom. The van der Waals surface area contributed by atoms with Gasteiger partial charge in [0.25, 0.3) is 0 Å². The third-order valence-electron chi connectivity index (χ3n) is 2.99. The monoisotopic (exact) mass is 333 g/mol. The van der Waals surface area contributed by atoms with Crippen molar-refractivity contribution < 1.29 is 21.6 Å². The van der Waals surface area contributed by atoms with E-state index in [2.05, 4.69) is 5.10 Å². The predicted molar refractivity (Wildman–Crippen MR) is 73.5 cm³/mol. The van der Waals surface area contributed by atoms with Crippen molar-refractivity contribution in [2.75, 3.05) is 0 Å². The fourth-order valence-corrected chi connectivity index (χ4v) is 3.06. The normalized spacial score (nSPS) is 14.0. The smallest absolute Gasteiger partial charge is 0.275 e. The van der Waals surface area contributed by atoms with Crippen LogP contribution in [0.3, 0.4) is 0 Å². The molecule has 0 aliphatic carbocycles. The van der Waals surface area contributed by atoms with Gasteiger partial charge in [0.2, 0.25) is 10.0 Å². The van der Waals surface area contributed by atoms with Crippen LogP contribution in [0.2, 0.25) is 0 Å². The first-order valence-electron chi connectivity index (χ1n) is 6.24. The first-order valence-corrected chi connectivity index (χ1v) is 7.72. The Morgan fingerprint density at radius 1 is 1.23 bits per heavy atom. The molecule has 0 saturated heterocycles. The van der Waals surface area contributed by atoms with Crippen LogP contribution in [0.25, 0.3) is 0 Å². The number of benzene rings is 1. The van der Waals surface area contributed by atoms with Gasteiger partial charge in [-0.2, -0.15) is 23.0 Å². The van der Waals surface area contributed by atoms with Crippen LogP contribution in [-0.2, 0) is 17.1 Å². The molecule has 0 radical (unpaired) electrons. The van der Waals surface area contributed by atoms with E-state index in [0.717, 1.165) is 18.0 Å². The molecule has 1 N–H and O–H groups in total. The van der Waals surface area contributed by atoms with Gasteiger partial charge in [-0.25, -0.2) is 8.42 Å². The summed E-state index contributed by atoms with van der Waals surface area (Å²) in [4.78, 5) is -0.226. The van der Waals surface area contributed by atoms with E-state index in [1.807, 2.05) is 0 Å². The first kappa shape index (κ1) is 16.5. The molecule has 1 heterocycles. The minimum absolute atomic E-state index is 0.226. The second-order valence-electron chi connectivity index (χ2n) is 4.86. The van der Waals surface area contributed by atoms with Gasteiger partial charge in [0.15, 0.2) is 0 Å². The molecule has 0 aliphatic heterocycles. The molecular weight excluding hydrogens is 319 g/mol. The molecule has 0 saturated carbocycles. The molecule has 0 aliphatic rings. The fraction of sp³-hybridized carbons (Fsp3) is 0.308. The minimum Gasteiger partial charge on any atom is -0.275 e. The highest BCUT2D eigenvalue weighted by Gasteiger charge is 2.44. The van der Waals surface area contributed by atoms with Crippen LogP contribution < -0.4 is 4.72 Å². The van der Waals surface area contributed by atoms with Gasteiger partial charge in [0.1, 0.15) is 6.04 Å². The van der Waals surface area contributed by atoms with Crippen LogP contribution in [0.15, 0.2) is 41.6 Å². The average molecular weight is 333 g/mol. The van der Waals surface area contributed by atoms with Gasteiger partial charge >= 0.3 is 6.18 Å². The highest BCUT2D eigenvalue weighted by molar-refractivity contribution is 7.89. The Morgan fingerprint density at radius 2 is 1.82 bits per heavy atom. The number of sulfonamides is 1. The standard InChI is InChI=1S/C13H14F3N3O2S/c1-9-3-5-11(6-4-9)22(20,21)18-12(13(14,15)16)10-7-17-19(2)8-10/h3-8,12,18H,1-2H3/t12-/m1/s1. The molecule has 9 heteroatoms. The molecule has 1 atom stereocenters. The maximum Gasteiger partial charge on any atom is 0.408 e. The lowest BCUT2D eigenvalue weighted by molar-refractivity contribution is -0.153. The van der Waals surface area contributed by atoms with Crippen LogP contribution in [0, 0.1) is 6.92 Å². The molecule has 2 rings (SSSR count). The van der Waals surface area contributed by atoms with Crippen LogP contribution in [0.5, 0.6) is 0 Å². The van der Waals surface area contributed by atoms with Crippen molar-refractivity contribution in [1.82, 2.24) is 14.5 Å². The summed E-state index contributed by atoms with van der Waals surface area (Å²) in [6, 6.07) is 3.19. The Bertz CT molecular complexity index is 752. The van der Waals surface area contributed by atoms with Crippen LogP contribution in [0.1, 0.15) is 17.2 Å². The Kier molecular flexibility index (Phi) is 4.30. The molecule has 2 aromatic rings. The molecule has 120 valence electrons. The largest absolute Gasteiger partial charge is 0.408 e. The van der Waals surface area contributed by atoms with Crippen molar-refractivity contribution in [2.24, 2.45) is 7.05 Å². The first-order chi connectivity index (χ1) is 10.1. The van der Waals surface area contributed by atoms with Gasteiger partial charge in [0, 0.05) is 18.8 Å². The van der Waals surface area contributed by atoms with Crippen molar-refractivity contribution in [3.8, 4) is 0 Å². The van der Waals surface area contributed by atoms with Gasteiger partial charge in [-0.15, -0.1) is 0 Å².